The Hall–Kier alpha value is -1.51. The molecule has 6 nitrogen and oxygen atoms in total. The van der Waals surface area contributed by atoms with Crippen LogP contribution < -0.4 is 15.8 Å². The van der Waals surface area contributed by atoms with E-state index < -0.39 is 5.91 Å². The number of aliphatic imine (C=N–C) groups is 1. The monoisotopic (exact) mass is 502 g/mol. The first-order valence-electron chi connectivity index (χ1n) is 9.97. The average Bonchev–Trinajstić information content (AvgIpc) is 2.65. The molecular weight excluding hydrogens is 467 g/mol. The number of carbonyl (C=O) groups is 1. The van der Waals surface area contributed by atoms with Crippen molar-refractivity contribution in [2.24, 2.45) is 22.6 Å². The molecule has 1 saturated carbocycles. The van der Waals surface area contributed by atoms with Gasteiger partial charge in [0.15, 0.2) is 12.6 Å². The molecule has 1 aromatic rings. The molecule has 0 atom stereocenters. The number of hydrogen-bond donors (Lipinski definition) is 2. The van der Waals surface area contributed by atoms with Gasteiger partial charge < -0.3 is 20.7 Å². The van der Waals surface area contributed by atoms with E-state index >= 15 is 0 Å². The summed E-state index contributed by atoms with van der Waals surface area (Å²) in [5, 5.41) is 3.39. The van der Waals surface area contributed by atoms with Crippen LogP contribution in [0.25, 0.3) is 0 Å². The van der Waals surface area contributed by atoms with Gasteiger partial charge in [-0.15, -0.1) is 24.0 Å². The summed E-state index contributed by atoms with van der Waals surface area (Å²) in [5.74, 6) is 2.71. The molecule has 0 heterocycles. The summed E-state index contributed by atoms with van der Waals surface area (Å²) in [6, 6.07) is 7.63. The maximum absolute atomic E-state index is 10.9. The number of rotatable bonds is 8. The van der Waals surface area contributed by atoms with E-state index in [1.807, 2.05) is 24.3 Å². The second kappa shape index (κ2) is 12.9. The fourth-order valence-corrected chi connectivity index (χ4v) is 3.51. The Balaban J connectivity index is 0.00000392. The SMILES string of the molecule is CCNC(=NCc1cccc(OCC(N)=O)c1)N(C)CC1CCC(C)CC1.I. The lowest BCUT2D eigenvalue weighted by Gasteiger charge is -2.31. The first-order chi connectivity index (χ1) is 13.0. The van der Waals surface area contributed by atoms with E-state index in [9.17, 15) is 4.79 Å². The van der Waals surface area contributed by atoms with E-state index in [0.29, 0.717) is 12.3 Å². The van der Waals surface area contributed by atoms with Crippen molar-refractivity contribution in [2.45, 2.75) is 46.1 Å². The molecule has 0 spiro atoms. The van der Waals surface area contributed by atoms with Gasteiger partial charge in [-0.1, -0.05) is 31.9 Å². The van der Waals surface area contributed by atoms with Crippen LogP contribution in [0.3, 0.4) is 0 Å². The lowest BCUT2D eigenvalue weighted by molar-refractivity contribution is -0.119. The maximum Gasteiger partial charge on any atom is 0.255 e. The number of guanidine groups is 1. The number of benzene rings is 1. The zero-order valence-electron chi connectivity index (χ0n) is 17.3. The maximum atomic E-state index is 10.9. The van der Waals surface area contributed by atoms with Crippen LogP contribution in [0.1, 0.15) is 45.1 Å². The molecule has 28 heavy (non-hydrogen) atoms. The van der Waals surface area contributed by atoms with Crippen LogP contribution in [0.5, 0.6) is 5.75 Å². The number of hydrogen-bond acceptors (Lipinski definition) is 3. The van der Waals surface area contributed by atoms with Crippen molar-refractivity contribution in [3.8, 4) is 5.75 Å². The van der Waals surface area contributed by atoms with Crippen LogP contribution >= 0.6 is 24.0 Å². The lowest BCUT2D eigenvalue weighted by atomic mass is 9.83. The van der Waals surface area contributed by atoms with Crippen LogP contribution in [-0.2, 0) is 11.3 Å². The molecular formula is C21H35IN4O2. The van der Waals surface area contributed by atoms with Crippen molar-refractivity contribution in [1.82, 2.24) is 10.2 Å². The molecule has 0 aliphatic heterocycles. The Morgan fingerprint density at radius 1 is 1.32 bits per heavy atom. The molecule has 1 aliphatic carbocycles. The summed E-state index contributed by atoms with van der Waals surface area (Å²) in [4.78, 5) is 17.9. The quantitative estimate of drug-likeness (QED) is 0.325. The van der Waals surface area contributed by atoms with E-state index in [1.165, 1.54) is 25.7 Å². The number of amides is 1. The zero-order valence-corrected chi connectivity index (χ0v) is 19.6. The predicted octanol–water partition coefficient (Wildman–Crippen LogP) is 3.39. The topological polar surface area (TPSA) is 80.0 Å². The normalized spacial score (nSPS) is 19.5. The first-order valence-corrected chi connectivity index (χ1v) is 9.97. The highest BCUT2D eigenvalue weighted by Gasteiger charge is 2.20. The van der Waals surface area contributed by atoms with E-state index in [2.05, 4.69) is 31.1 Å². The number of halogens is 1. The molecule has 0 saturated heterocycles. The van der Waals surface area contributed by atoms with Gasteiger partial charge in [-0.3, -0.25) is 4.79 Å². The number of nitrogens with two attached hydrogens (primary N) is 1. The highest BCUT2D eigenvalue weighted by atomic mass is 127. The molecule has 0 unspecified atom stereocenters. The highest BCUT2D eigenvalue weighted by Crippen LogP contribution is 2.28. The van der Waals surface area contributed by atoms with Gasteiger partial charge in [0.2, 0.25) is 0 Å². The molecule has 3 N–H and O–H groups in total. The van der Waals surface area contributed by atoms with Crippen molar-refractivity contribution in [3.63, 3.8) is 0 Å². The van der Waals surface area contributed by atoms with Crippen LogP contribution in [0.4, 0.5) is 0 Å². The van der Waals surface area contributed by atoms with Crippen LogP contribution in [0, 0.1) is 11.8 Å². The van der Waals surface area contributed by atoms with Gasteiger partial charge in [-0.25, -0.2) is 4.99 Å². The van der Waals surface area contributed by atoms with E-state index in [4.69, 9.17) is 15.5 Å². The highest BCUT2D eigenvalue weighted by molar-refractivity contribution is 14.0. The fourth-order valence-electron chi connectivity index (χ4n) is 3.51. The Labute approximate surface area is 186 Å². The molecule has 158 valence electrons. The molecule has 1 fully saturated rings. The second-order valence-corrected chi connectivity index (χ2v) is 7.58. The average molecular weight is 502 g/mol. The van der Waals surface area contributed by atoms with Gasteiger partial charge in [0.1, 0.15) is 5.75 Å². The Morgan fingerprint density at radius 3 is 2.68 bits per heavy atom. The number of carbonyl (C=O) groups excluding carboxylic acids is 1. The Bertz CT molecular complexity index is 631. The third kappa shape index (κ3) is 8.67. The van der Waals surface area contributed by atoms with Crippen molar-refractivity contribution >= 4 is 35.8 Å². The molecule has 1 aromatic carbocycles. The van der Waals surface area contributed by atoms with Crippen LogP contribution in [0.2, 0.25) is 0 Å². The molecule has 0 radical (unpaired) electrons. The summed E-state index contributed by atoms with van der Waals surface area (Å²) in [5.41, 5.74) is 6.16. The van der Waals surface area contributed by atoms with Gasteiger partial charge in [0, 0.05) is 20.1 Å². The van der Waals surface area contributed by atoms with Gasteiger partial charge in [-0.2, -0.15) is 0 Å². The Morgan fingerprint density at radius 2 is 2.04 bits per heavy atom. The molecule has 0 aromatic heterocycles. The third-order valence-corrected chi connectivity index (χ3v) is 5.05. The minimum Gasteiger partial charge on any atom is -0.484 e. The predicted molar refractivity (Wildman–Crippen MR) is 125 cm³/mol. The largest absolute Gasteiger partial charge is 0.484 e. The molecule has 0 bridgehead atoms. The summed E-state index contributed by atoms with van der Waals surface area (Å²) >= 11 is 0. The summed E-state index contributed by atoms with van der Waals surface area (Å²) in [7, 11) is 2.12. The summed E-state index contributed by atoms with van der Waals surface area (Å²) < 4.78 is 5.37. The smallest absolute Gasteiger partial charge is 0.255 e. The lowest BCUT2D eigenvalue weighted by Crippen LogP contribution is -2.41. The standard InChI is InChI=1S/C21H34N4O2.HI/c1-4-23-21(25(3)14-17-10-8-16(2)9-11-17)24-13-18-6-5-7-19(12-18)27-15-20(22)26;/h5-7,12,16-17H,4,8-11,13-15H2,1-3H3,(H2,22,26)(H,23,24);1H. The van der Waals surface area contributed by atoms with Gasteiger partial charge in [0.25, 0.3) is 5.91 Å². The zero-order chi connectivity index (χ0) is 19.6. The fraction of sp³-hybridized carbons (Fsp3) is 0.619. The molecule has 7 heteroatoms. The second-order valence-electron chi connectivity index (χ2n) is 7.58. The van der Waals surface area contributed by atoms with E-state index in [0.717, 1.165) is 36.4 Å². The van der Waals surface area contributed by atoms with E-state index in [1.54, 1.807) is 0 Å². The molecule has 1 amide bonds. The minimum absolute atomic E-state index is 0. The molecule has 2 rings (SSSR count). The van der Waals surface area contributed by atoms with Crippen molar-refractivity contribution in [3.05, 3.63) is 29.8 Å². The number of nitrogens with zero attached hydrogens (tertiary/aromatic N) is 2. The van der Waals surface area contributed by atoms with Crippen molar-refractivity contribution in [2.75, 3.05) is 26.7 Å². The van der Waals surface area contributed by atoms with Crippen LogP contribution in [-0.4, -0.2) is 43.5 Å². The summed E-state index contributed by atoms with van der Waals surface area (Å²) in [6.07, 6.45) is 5.29. The van der Waals surface area contributed by atoms with Crippen LogP contribution in [0.15, 0.2) is 29.3 Å². The van der Waals surface area contributed by atoms with Gasteiger partial charge in [-0.05, 0) is 49.3 Å². The van der Waals surface area contributed by atoms with Gasteiger partial charge >= 0.3 is 0 Å². The summed E-state index contributed by atoms with van der Waals surface area (Å²) in [6.45, 7) is 6.77. The first kappa shape index (κ1) is 24.5. The third-order valence-electron chi connectivity index (χ3n) is 5.05. The van der Waals surface area contributed by atoms with E-state index in [-0.39, 0.29) is 30.6 Å². The Kier molecular flexibility index (Phi) is 11.3. The number of nitrogens with one attached hydrogen (secondary N) is 1. The van der Waals surface area contributed by atoms with Crippen molar-refractivity contribution < 1.29 is 9.53 Å². The minimum atomic E-state index is -0.480. The van der Waals surface area contributed by atoms with Crippen molar-refractivity contribution in [1.29, 1.82) is 0 Å². The van der Waals surface area contributed by atoms with Gasteiger partial charge in [0.05, 0.1) is 6.54 Å². The number of primary amides is 1. The molecule has 1 aliphatic rings. The number of ether oxygens (including phenoxy) is 1.